The summed E-state index contributed by atoms with van der Waals surface area (Å²) in [5.74, 6) is 0.948. The number of rotatable bonds is 4. The lowest BCUT2D eigenvalue weighted by Crippen LogP contribution is -2.22. The van der Waals surface area contributed by atoms with Gasteiger partial charge in [0.25, 0.3) is 0 Å². The minimum absolute atomic E-state index is 0.0799. The Balaban J connectivity index is 2.48. The van der Waals surface area contributed by atoms with E-state index in [9.17, 15) is 4.79 Å². The van der Waals surface area contributed by atoms with E-state index < -0.39 is 0 Å². The molecule has 0 aliphatic rings. The number of aromatic nitrogens is 1. The number of hydrogen-bond donors (Lipinski definition) is 2. The summed E-state index contributed by atoms with van der Waals surface area (Å²) in [6.07, 6.45) is 0.669. The molecule has 1 aromatic rings. The first-order valence-corrected chi connectivity index (χ1v) is 4.57. The number of amides is 1. The van der Waals surface area contributed by atoms with Gasteiger partial charge in [0.15, 0.2) is 5.82 Å². The van der Waals surface area contributed by atoms with Crippen LogP contribution in [0.1, 0.15) is 19.1 Å². The molecule has 5 nitrogen and oxygen atoms in total. The number of nitrogens with one attached hydrogen (secondary N) is 1. The molecule has 14 heavy (non-hydrogen) atoms. The van der Waals surface area contributed by atoms with E-state index in [0.29, 0.717) is 24.5 Å². The summed E-state index contributed by atoms with van der Waals surface area (Å²) in [4.78, 5) is 11.5. The Kier molecular flexibility index (Phi) is 3.64. The fourth-order valence-electron chi connectivity index (χ4n) is 1.06. The van der Waals surface area contributed by atoms with Gasteiger partial charge in [0, 0.05) is 12.0 Å². The standard InChI is InChI=1S/C9H15N3O2/c1-6(3-4-10)9(13)11-8-5-7(2)14-12-8/h5-6H,3-4,10H2,1-2H3,(H,11,12,13). The van der Waals surface area contributed by atoms with Crippen LogP contribution in [0.2, 0.25) is 0 Å². The van der Waals surface area contributed by atoms with E-state index in [2.05, 4.69) is 10.5 Å². The molecule has 0 saturated carbocycles. The Morgan fingerprint density at radius 3 is 3.00 bits per heavy atom. The lowest BCUT2D eigenvalue weighted by Gasteiger charge is -2.07. The van der Waals surface area contributed by atoms with E-state index in [-0.39, 0.29) is 11.8 Å². The first-order valence-electron chi connectivity index (χ1n) is 4.57. The van der Waals surface area contributed by atoms with Gasteiger partial charge in [-0.25, -0.2) is 0 Å². The second kappa shape index (κ2) is 4.76. The van der Waals surface area contributed by atoms with Crippen molar-refractivity contribution in [2.75, 3.05) is 11.9 Å². The summed E-state index contributed by atoms with van der Waals surface area (Å²) >= 11 is 0. The summed E-state index contributed by atoms with van der Waals surface area (Å²) in [5.41, 5.74) is 5.35. The number of anilines is 1. The third-order valence-corrected chi connectivity index (χ3v) is 1.93. The fourth-order valence-corrected chi connectivity index (χ4v) is 1.06. The van der Waals surface area contributed by atoms with Gasteiger partial charge in [0.05, 0.1) is 0 Å². The summed E-state index contributed by atoms with van der Waals surface area (Å²) < 4.78 is 4.82. The zero-order valence-electron chi connectivity index (χ0n) is 8.41. The molecule has 0 aliphatic heterocycles. The van der Waals surface area contributed by atoms with E-state index in [1.54, 1.807) is 13.0 Å². The first kappa shape index (κ1) is 10.7. The molecule has 0 aliphatic carbocycles. The molecule has 0 fully saturated rings. The van der Waals surface area contributed by atoms with Crippen LogP contribution in [0, 0.1) is 12.8 Å². The van der Waals surface area contributed by atoms with Crippen molar-refractivity contribution in [1.82, 2.24) is 5.16 Å². The molecular formula is C9H15N3O2. The van der Waals surface area contributed by atoms with Crippen molar-refractivity contribution in [3.63, 3.8) is 0 Å². The number of carbonyl (C=O) groups is 1. The number of nitrogens with zero attached hydrogens (tertiary/aromatic N) is 1. The first-order chi connectivity index (χ1) is 6.63. The smallest absolute Gasteiger partial charge is 0.228 e. The average Bonchev–Trinajstić information content (AvgIpc) is 2.51. The fraction of sp³-hybridized carbons (Fsp3) is 0.556. The van der Waals surface area contributed by atoms with Crippen molar-refractivity contribution >= 4 is 11.7 Å². The summed E-state index contributed by atoms with van der Waals surface area (Å²) in [6, 6.07) is 1.67. The van der Waals surface area contributed by atoms with Crippen LogP contribution >= 0.6 is 0 Å². The Morgan fingerprint density at radius 1 is 1.79 bits per heavy atom. The Hall–Kier alpha value is -1.36. The highest BCUT2D eigenvalue weighted by atomic mass is 16.5. The van der Waals surface area contributed by atoms with Gasteiger partial charge in [-0.15, -0.1) is 0 Å². The van der Waals surface area contributed by atoms with Crippen LogP contribution in [0.3, 0.4) is 0 Å². The maximum atomic E-state index is 11.5. The van der Waals surface area contributed by atoms with Crippen molar-refractivity contribution in [3.8, 4) is 0 Å². The Labute approximate surface area is 82.6 Å². The highest BCUT2D eigenvalue weighted by Crippen LogP contribution is 2.09. The molecule has 0 radical (unpaired) electrons. The van der Waals surface area contributed by atoms with Crippen molar-refractivity contribution < 1.29 is 9.32 Å². The van der Waals surface area contributed by atoms with Crippen molar-refractivity contribution in [2.45, 2.75) is 20.3 Å². The lowest BCUT2D eigenvalue weighted by molar-refractivity contribution is -0.119. The molecule has 0 bridgehead atoms. The van der Waals surface area contributed by atoms with E-state index >= 15 is 0 Å². The van der Waals surface area contributed by atoms with Gasteiger partial charge in [0.2, 0.25) is 5.91 Å². The van der Waals surface area contributed by atoms with E-state index in [1.807, 2.05) is 6.92 Å². The van der Waals surface area contributed by atoms with Gasteiger partial charge in [-0.05, 0) is 19.9 Å². The van der Waals surface area contributed by atoms with Gasteiger partial charge in [-0.3, -0.25) is 4.79 Å². The molecule has 1 unspecified atom stereocenters. The van der Waals surface area contributed by atoms with E-state index in [4.69, 9.17) is 10.3 Å². The second-order valence-electron chi connectivity index (χ2n) is 3.29. The van der Waals surface area contributed by atoms with Crippen LogP contribution < -0.4 is 11.1 Å². The van der Waals surface area contributed by atoms with Crippen LogP contribution in [0.15, 0.2) is 10.6 Å². The predicted octanol–water partition coefficient (Wildman–Crippen LogP) is 0.906. The van der Waals surface area contributed by atoms with Crippen molar-refractivity contribution in [3.05, 3.63) is 11.8 Å². The van der Waals surface area contributed by atoms with Crippen LogP contribution in [-0.2, 0) is 4.79 Å². The van der Waals surface area contributed by atoms with Gasteiger partial charge < -0.3 is 15.6 Å². The molecule has 5 heteroatoms. The molecular weight excluding hydrogens is 182 g/mol. The Bertz CT molecular complexity index is 309. The molecule has 1 amide bonds. The van der Waals surface area contributed by atoms with Crippen LogP contribution in [0.4, 0.5) is 5.82 Å². The summed E-state index contributed by atoms with van der Waals surface area (Å²) in [6.45, 7) is 4.10. The maximum absolute atomic E-state index is 11.5. The van der Waals surface area contributed by atoms with Gasteiger partial charge in [-0.1, -0.05) is 12.1 Å². The average molecular weight is 197 g/mol. The number of aryl methyl sites for hydroxylation is 1. The normalized spacial score (nSPS) is 12.5. The van der Waals surface area contributed by atoms with Gasteiger partial charge in [-0.2, -0.15) is 0 Å². The van der Waals surface area contributed by atoms with Crippen molar-refractivity contribution in [1.29, 1.82) is 0 Å². The zero-order chi connectivity index (χ0) is 10.6. The third-order valence-electron chi connectivity index (χ3n) is 1.93. The highest BCUT2D eigenvalue weighted by Gasteiger charge is 2.13. The highest BCUT2D eigenvalue weighted by molar-refractivity contribution is 5.91. The molecule has 1 atom stereocenters. The topological polar surface area (TPSA) is 81.2 Å². The minimum atomic E-state index is -0.1000. The molecule has 1 heterocycles. The van der Waals surface area contributed by atoms with Gasteiger partial charge >= 0.3 is 0 Å². The van der Waals surface area contributed by atoms with Gasteiger partial charge in [0.1, 0.15) is 5.76 Å². The SMILES string of the molecule is Cc1cc(NC(=O)C(C)CCN)no1. The third kappa shape index (κ3) is 2.85. The molecule has 1 aromatic heterocycles. The summed E-state index contributed by atoms with van der Waals surface area (Å²) in [7, 11) is 0. The molecule has 0 saturated heterocycles. The van der Waals surface area contributed by atoms with E-state index in [0.717, 1.165) is 0 Å². The van der Waals surface area contributed by atoms with E-state index in [1.165, 1.54) is 0 Å². The monoisotopic (exact) mass is 197 g/mol. The largest absolute Gasteiger partial charge is 0.360 e. The quantitative estimate of drug-likeness (QED) is 0.751. The molecule has 1 rings (SSSR count). The summed E-state index contributed by atoms with van der Waals surface area (Å²) in [5, 5.41) is 6.31. The Morgan fingerprint density at radius 2 is 2.50 bits per heavy atom. The molecule has 0 aromatic carbocycles. The second-order valence-corrected chi connectivity index (χ2v) is 3.29. The number of carbonyl (C=O) groups excluding carboxylic acids is 1. The van der Waals surface area contributed by atoms with Crippen LogP contribution in [0.5, 0.6) is 0 Å². The van der Waals surface area contributed by atoms with Crippen LogP contribution in [-0.4, -0.2) is 17.6 Å². The molecule has 3 N–H and O–H groups in total. The molecule has 78 valence electrons. The molecule has 0 spiro atoms. The lowest BCUT2D eigenvalue weighted by atomic mass is 10.1. The number of nitrogens with two attached hydrogens (primary N) is 1. The maximum Gasteiger partial charge on any atom is 0.228 e. The van der Waals surface area contributed by atoms with Crippen molar-refractivity contribution in [2.24, 2.45) is 11.7 Å². The number of hydrogen-bond acceptors (Lipinski definition) is 4. The predicted molar refractivity (Wildman–Crippen MR) is 52.7 cm³/mol. The minimum Gasteiger partial charge on any atom is -0.360 e. The zero-order valence-corrected chi connectivity index (χ0v) is 8.41. The van der Waals surface area contributed by atoms with Crippen LogP contribution in [0.25, 0.3) is 0 Å².